The zero-order chi connectivity index (χ0) is 19.7. The molecule has 2 aromatic heterocycles. The Labute approximate surface area is 160 Å². The van der Waals surface area contributed by atoms with Gasteiger partial charge in [-0.15, -0.1) is 0 Å². The lowest BCUT2D eigenvalue weighted by molar-refractivity contribution is 0.200. The summed E-state index contributed by atoms with van der Waals surface area (Å²) in [5, 5.41) is 15.6. The van der Waals surface area contributed by atoms with Gasteiger partial charge in [0.2, 0.25) is 0 Å². The molecule has 1 amide bonds. The summed E-state index contributed by atoms with van der Waals surface area (Å²) in [7, 11) is 3.43. The number of hydrogen-bond acceptors (Lipinski definition) is 4. The molecule has 0 bridgehead atoms. The van der Waals surface area contributed by atoms with Gasteiger partial charge in [-0.2, -0.15) is 5.10 Å². The van der Waals surface area contributed by atoms with Gasteiger partial charge in [-0.1, -0.05) is 12.1 Å². The van der Waals surface area contributed by atoms with Crippen LogP contribution in [0.15, 0.2) is 66.2 Å². The number of aryl methyl sites for hydroxylation is 1. The van der Waals surface area contributed by atoms with E-state index in [-0.39, 0.29) is 5.84 Å². The Morgan fingerprint density at radius 1 is 1.18 bits per heavy atom. The third-order valence-electron chi connectivity index (χ3n) is 4.43. The van der Waals surface area contributed by atoms with Crippen molar-refractivity contribution >= 4 is 23.0 Å². The van der Waals surface area contributed by atoms with Crippen LogP contribution in [0.1, 0.15) is 5.56 Å². The number of fused-ring (bicyclic) bond motifs is 1. The second-order valence-electron chi connectivity index (χ2n) is 6.27. The van der Waals surface area contributed by atoms with Gasteiger partial charge in [0, 0.05) is 37.1 Å². The van der Waals surface area contributed by atoms with Gasteiger partial charge in [-0.05, 0) is 35.9 Å². The summed E-state index contributed by atoms with van der Waals surface area (Å²) in [4.78, 5) is 19.5. The zero-order valence-electron chi connectivity index (χ0n) is 15.4. The van der Waals surface area contributed by atoms with Crippen LogP contribution in [0.25, 0.3) is 27.8 Å². The van der Waals surface area contributed by atoms with Gasteiger partial charge >= 0.3 is 6.09 Å². The third kappa shape index (κ3) is 3.23. The van der Waals surface area contributed by atoms with Crippen LogP contribution in [-0.2, 0) is 7.05 Å². The lowest BCUT2D eigenvalue weighted by Gasteiger charge is -2.09. The van der Waals surface area contributed by atoms with Crippen LogP contribution in [0.2, 0.25) is 0 Å². The molecule has 2 heterocycles. The Kier molecular flexibility index (Phi) is 4.36. The highest BCUT2D eigenvalue weighted by atomic mass is 16.4. The largest absolute Gasteiger partial charge is 0.465 e. The van der Waals surface area contributed by atoms with Gasteiger partial charge in [-0.3, -0.25) is 19.6 Å². The topological polar surface area (TPSA) is 97.3 Å². The van der Waals surface area contributed by atoms with Gasteiger partial charge in [0.15, 0.2) is 0 Å². The SMILES string of the molecule is CN=C(NC(=O)O)c1ccc2ncn(-c3cccc(-c4cnn(C)c4)c3)c2c1. The summed E-state index contributed by atoms with van der Waals surface area (Å²) in [6.45, 7) is 0. The Hall–Kier alpha value is -3.94. The van der Waals surface area contributed by atoms with E-state index in [0.29, 0.717) is 5.56 Å². The summed E-state index contributed by atoms with van der Waals surface area (Å²) >= 11 is 0. The maximum absolute atomic E-state index is 11.0. The fourth-order valence-corrected chi connectivity index (χ4v) is 3.12. The molecule has 4 rings (SSSR count). The highest BCUT2D eigenvalue weighted by Crippen LogP contribution is 2.24. The van der Waals surface area contributed by atoms with E-state index in [9.17, 15) is 4.79 Å². The van der Waals surface area contributed by atoms with E-state index in [4.69, 9.17) is 5.11 Å². The van der Waals surface area contributed by atoms with Gasteiger partial charge in [-0.25, -0.2) is 9.78 Å². The molecule has 0 radical (unpaired) electrons. The normalized spacial score (nSPS) is 11.7. The quantitative estimate of drug-likeness (QED) is 0.425. The maximum atomic E-state index is 11.0. The Morgan fingerprint density at radius 2 is 2.04 bits per heavy atom. The Bertz CT molecular complexity index is 1200. The molecule has 0 fully saturated rings. The molecule has 8 heteroatoms. The molecule has 0 aliphatic heterocycles. The standard InChI is InChI=1S/C20H18N6O2/c1-21-19(24-20(27)28)14-6-7-17-18(9-14)26(12-22-17)16-5-3-4-13(8-16)15-10-23-25(2)11-15/h3-12H,1-2H3,(H,21,24)(H,27,28). The summed E-state index contributed by atoms with van der Waals surface area (Å²) in [5.74, 6) is 0.284. The molecular formula is C20H18N6O2. The van der Waals surface area contributed by atoms with E-state index in [1.165, 1.54) is 0 Å². The monoisotopic (exact) mass is 374 g/mol. The van der Waals surface area contributed by atoms with E-state index < -0.39 is 6.09 Å². The number of nitrogens with zero attached hydrogens (tertiary/aromatic N) is 5. The molecular weight excluding hydrogens is 356 g/mol. The van der Waals surface area contributed by atoms with Crippen LogP contribution in [0.5, 0.6) is 0 Å². The smallest absolute Gasteiger partial charge is 0.410 e. The van der Waals surface area contributed by atoms with Crippen molar-refractivity contribution in [2.24, 2.45) is 12.0 Å². The van der Waals surface area contributed by atoms with E-state index >= 15 is 0 Å². The van der Waals surface area contributed by atoms with E-state index in [1.54, 1.807) is 24.1 Å². The molecule has 28 heavy (non-hydrogen) atoms. The van der Waals surface area contributed by atoms with Crippen LogP contribution in [-0.4, -0.2) is 43.4 Å². The number of carboxylic acid groups (broad SMARTS) is 1. The van der Waals surface area contributed by atoms with Crippen LogP contribution >= 0.6 is 0 Å². The zero-order valence-corrected chi connectivity index (χ0v) is 15.4. The molecule has 0 unspecified atom stereocenters. The first-order valence-electron chi connectivity index (χ1n) is 8.59. The van der Waals surface area contributed by atoms with Crippen molar-refractivity contribution in [3.05, 3.63) is 66.7 Å². The van der Waals surface area contributed by atoms with Gasteiger partial charge < -0.3 is 5.11 Å². The number of imidazole rings is 1. The number of amides is 1. The minimum atomic E-state index is -1.15. The molecule has 0 saturated carbocycles. The molecule has 0 aliphatic carbocycles. The number of carbonyl (C=O) groups is 1. The van der Waals surface area contributed by atoms with Crippen molar-refractivity contribution in [3.8, 4) is 16.8 Å². The lowest BCUT2D eigenvalue weighted by Crippen LogP contribution is -2.29. The summed E-state index contributed by atoms with van der Waals surface area (Å²) in [6.07, 6.45) is 4.39. The number of amidine groups is 1. The van der Waals surface area contributed by atoms with Crippen LogP contribution < -0.4 is 5.32 Å². The van der Waals surface area contributed by atoms with Crippen molar-refractivity contribution in [1.82, 2.24) is 24.6 Å². The first kappa shape index (κ1) is 17.5. The summed E-state index contributed by atoms with van der Waals surface area (Å²) < 4.78 is 3.73. The van der Waals surface area contributed by atoms with Gasteiger partial charge in [0.05, 0.1) is 17.2 Å². The molecule has 0 spiro atoms. The van der Waals surface area contributed by atoms with Crippen LogP contribution in [0.3, 0.4) is 0 Å². The molecule has 0 saturated heterocycles. The predicted octanol–water partition coefficient (Wildman–Crippen LogP) is 3.07. The number of rotatable bonds is 3. The molecule has 2 N–H and O–H groups in total. The third-order valence-corrected chi connectivity index (χ3v) is 4.43. The fraction of sp³-hybridized carbons (Fsp3) is 0.100. The minimum absolute atomic E-state index is 0.284. The van der Waals surface area contributed by atoms with Crippen molar-refractivity contribution in [1.29, 1.82) is 0 Å². The molecule has 0 aliphatic rings. The summed E-state index contributed by atoms with van der Waals surface area (Å²) in [6, 6.07) is 13.6. The Morgan fingerprint density at radius 3 is 2.75 bits per heavy atom. The van der Waals surface area contributed by atoms with Gasteiger partial charge in [0.1, 0.15) is 12.2 Å². The number of aliphatic imine (C=N–C) groups is 1. The van der Waals surface area contributed by atoms with Crippen molar-refractivity contribution in [3.63, 3.8) is 0 Å². The number of benzene rings is 2. The average Bonchev–Trinajstić information content (AvgIpc) is 3.32. The summed E-state index contributed by atoms with van der Waals surface area (Å²) in [5.41, 5.74) is 5.35. The van der Waals surface area contributed by atoms with Crippen LogP contribution in [0, 0.1) is 0 Å². The number of aromatic nitrogens is 4. The van der Waals surface area contributed by atoms with E-state index in [2.05, 4.69) is 26.5 Å². The van der Waals surface area contributed by atoms with Crippen LogP contribution in [0.4, 0.5) is 4.79 Å². The fourth-order valence-electron chi connectivity index (χ4n) is 3.12. The predicted molar refractivity (Wildman–Crippen MR) is 107 cm³/mol. The van der Waals surface area contributed by atoms with E-state index in [0.717, 1.165) is 27.8 Å². The second kappa shape index (κ2) is 6.99. The maximum Gasteiger partial charge on any atom is 0.410 e. The van der Waals surface area contributed by atoms with E-state index in [1.807, 2.05) is 54.3 Å². The molecule has 8 nitrogen and oxygen atoms in total. The highest BCUT2D eigenvalue weighted by molar-refractivity contribution is 6.07. The Balaban J connectivity index is 1.79. The second-order valence-corrected chi connectivity index (χ2v) is 6.27. The van der Waals surface area contributed by atoms with Crippen molar-refractivity contribution < 1.29 is 9.90 Å². The molecule has 2 aromatic carbocycles. The minimum Gasteiger partial charge on any atom is -0.465 e. The lowest BCUT2D eigenvalue weighted by atomic mass is 10.1. The van der Waals surface area contributed by atoms with Crippen molar-refractivity contribution in [2.45, 2.75) is 0 Å². The first-order valence-corrected chi connectivity index (χ1v) is 8.59. The number of hydrogen-bond donors (Lipinski definition) is 2. The average molecular weight is 374 g/mol. The van der Waals surface area contributed by atoms with Gasteiger partial charge in [0.25, 0.3) is 0 Å². The molecule has 140 valence electrons. The number of nitrogens with one attached hydrogen (secondary N) is 1. The first-order chi connectivity index (χ1) is 13.5. The molecule has 0 atom stereocenters. The molecule has 4 aromatic rings. The van der Waals surface area contributed by atoms with Crippen molar-refractivity contribution in [2.75, 3.05) is 7.05 Å². The highest BCUT2D eigenvalue weighted by Gasteiger charge is 2.11.